The molecule has 0 aliphatic heterocycles. The highest BCUT2D eigenvalue weighted by atomic mass is 16.5. The molecule has 0 unspecified atom stereocenters. The van der Waals surface area contributed by atoms with Crippen molar-refractivity contribution in [3.63, 3.8) is 0 Å². The van der Waals surface area contributed by atoms with Crippen LogP contribution in [0.4, 0.5) is 0 Å². The van der Waals surface area contributed by atoms with Gasteiger partial charge in [-0.1, -0.05) is 35.5 Å². The number of carbonyl (C=O) groups excluding carboxylic acids is 1. The number of nitrogens with one attached hydrogen (secondary N) is 1. The highest BCUT2D eigenvalue weighted by molar-refractivity contribution is 5.77. The summed E-state index contributed by atoms with van der Waals surface area (Å²) in [4.78, 5) is 16.0. The first-order valence-corrected chi connectivity index (χ1v) is 7.98. The largest absolute Gasteiger partial charge is 0.367 e. The number of benzene rings is 1. The van der Waals surface area contributed by atoms with Gasteiger partial charge in [0, 0.05) is 12.7 Å². The minimum atomic E-state index is -0.241. The Morgan fingerprint density at radius 3 is 2.92 bits per heavy atom. The van der Waals surface area contributed by atoms with Crippen LogP contribution in [-0.2, 0) is 29.2 Å². The highest BCUT2D eigenvalue weighted by Gasteiger charge is 2.11. The molecule has 1 amide bonds. The zero-order valence-electron chi connectivity index (χ0n) is 13.9. The molecule has 3 rings (SSSR count). The summed E-state index contributed by atoms with van der Waals surface area (Å²) < 4.78 is 12.3. The Morgan fingerprint density at radius 1 is 1.32 bits per heavy atom. The number of rotatable bonds is 8. The molecule has 1 N–H and O–H groups in total. The molecule has 0 aliphatic carbocycles. The molecule has 0 saturated heterocycles. The number of hydrogen-bond donors (Lipinski definition) is 1. The predicted octanol–water partition coefficient (Wildman–Crippen LogP) is 1.79. The van der Waals surface area contributed by atoms with Gasteiger partial charge in [0.1, 0.15) is 6.61 Å². The standard InChI is InChI=1S/C17H19N5O3/c1-2-22-10-14(8-19-22)17-20-16(25-21-17)9-18-15(23)12-24-11-13-6-4-3-5-7-13/h3-8,10H,2,9,11-12H2,1H3,(H,18,23). The van der Waals surface area contributed by atoms with E-state index in [2.05, 4.69) is 20.6 Å². The van der Waals surface area contributed by atoms with Crippen molar-refractivity contribution in [1.29, 1.82) is 0 Å². The molecule has 25 heavy (non-hydrogen) atoms. The Balaban J connectivity index is 1.43. The first-order valence-electron chi connectivity index (χ1n) is 7.98. The normalized spacial score (nSPS) is 10.8. The molecule has 0 atom stereocenters. The van der Waals surface area contributed by atoms with E-state index >= 15 is 0 Å². The quantitative estimate of drug-likeness (QED) is 0.671. The van der Waals surface area contributed by atoms with Gasteiger partial charge in [0.25, 0.3) is 0 Å². The predicted molar refractivity (Wildman–Crippen MR) is 89.1 cm³/mol. The summed E-state index contributed by atoms with van der Waals surface area (Å²) in [5.41, 5.74) is 1.79. The van der Waals surface area contributed by atoms with Crippen LogP contribution in [0.1, 0.15) is 18.4 Å². The third-order valence-electron chi connectivity index (χ3n) is 3.47. The molecule has 0 aliphatic rings. The van der Waals surface area contributed by atoms with E-state index in [0.717, 1.165) is 17.7 Å². The molecule has 0 spiro atoms. The fraction of sp³-hybridized carbons (Fsp3) is 0.294. The van der Waals surface area contributed by atoms with Crippen molar-refractivity contribution in [2.24, 2.45) is 0 Å². The maximum Gasteiger partial charge on any atom is 0.246 e. The SMILES string of the molecule is CCn1cc(-c2noc(CNC(=O)COCc3ccccc3)n2)cn1. The lowest BCUT2D eigenvalue weighted by Crippen LogP contribution is -2.27. The smallest absolute Gasteiger partial charge is 0.246 e. The number of aromatic nitrogens is 4. The van der Waals surface area contributed by atoms with Crippen LogP contribution in [-0.4, -0.2) is 32.4 Å². The molecule has 0 saturated carbocycles. The monoisotopic (exact) mass is 341 g/mol. The number of hydrogen-bond acceptors (Lipinski definition) is 6. The number of nitrogens with zero attached hydrogens (tertiary/aromatic N) is 4. The molecule has 2 aromatic heterocycles. The number of ether oxygens (including phenoxy) is 1. The van der Waals surface area contributed by atoms with Gasteiger partial charge in [0.05, 0.1) is 24.9 Å². The zero-order valence-corrected chi connectivity index (χ0v) is 13.9. The molecular weight excluding hydrogens is 322 g/mol. The van der Waals surface area contributed by atoms with Crippen LogP contribution in [0.3, 0.4) is 0 Å². The molecule has 0 fully saturated rings. The van der Waals surface area contributed by atoms with Gasteiger partial charge in [-0.15, -0.1) is 0 Å². The van der Waals surface area contributed by atoms with Crippen molar-refractivity contribution in [1.82, 2.24) is 25.2 Å². The van der Waals surface area contributed by atoms with Gasteiger partial charge in [-0.3, -0.25) is 9.48 Å². The van der Waals surface area contributed by atoms with Crippen LogP contribution in [0.2, 0.25) is 0 Å². The van der Waals surface area contributed by atoms with E-state index in [1.165, 1.54) is 0 Å². The van der Waals surface area contributed by atoms with E-state index in [1.54, 1.807) is 10.9 Å². The Bertz CT molecular complexity index is 813. The van der Waals surface area contributed by atoms with Crippen molar-refractivity contribution >= 4 is 5.91 Å². The average Bonchev–Trinajstić information content (AvgIpc) is 3.30. The number of carbonyl (C=O) groups is 1. The van der Waals surface area contributed by atoms with E-state index < -0.39 is 0 Å². The minimum absolute atomic E-state index is 0.0286. The second-order valence-corrected chi connectivity index (χ2v) is 5.35. The molecule has 8 nitrogen and oxygen atoms in total. The second kappa shape index (κ2) is 8.20. The Hall–Kier alpha value is -3.00. The van der Waals surface area contributed by atoms with Crippen LogP contribution in [0, 0.1) is 0 Å². The average molecular weight is 341 g/mol. The third kappa shape index (κ3) is 4.74. The topological polar surface area (TPSA) is 95.1 Å². The summed E-state index contributed by atoms with van der Waals surface area (Å²) in [5.74, 6) is 0.536. The molecule has 0 bridgehead atoms. The Morgan fingerprint density at radius 2 is 2.16 bits per heavy atom. The lowest BCUT2D eigenvalue weighted by molar-refractivity contribution is -0.126. The second-order valence-electron chi connectivity index (χ2n) is 5.35. The van der Waals surface area contributed by atoms with Gasteiger partial charge < -0.3 is 14.6 Å². The molecule has 3 aromatic rings. The summed E-state index contributed by atoms with van der Waals surface area (Å²) in [6.07, 6.45) is 3.51. The summed E-state index contributed by atoms with van der Waals surface area (Å²) in [6.45, 7) is 3.28. The van der Waals surface area contributed by atoms with E-state index in [0.29, 0.717) is 18.3 Å². The Kier molecular flexibility index (Phi) is 5.53. The lowest BCUT2D eigenvalue weighted by atomic mass is 10.2. The van der Waals surface area contributed by atoms with Crippen molar-refractivity contribution < 1.29 is 14.1 Å². The number of aryl methyl sites for hydroxylation is 1. The van der Waals surface area contributed by atoms with Gasteiger partial charge in [-0.05, 0) is 12.5 Å². The molecule has 8 heteroatoms. The van der Waals surface area contributed by atoms with E-state index in [1.807, 2.05) is 43.5 Å². The summed E-state index contributed by atoms with van der Waals surface area (Å²) in [6, 6.07) is 9.67. The van der Waals surface area contributed by atoms with Gasteiger partial charge >= 0.3 is 0 Å². The third-order valence-corrected chi connectivity index (χ3v) is 3.47. The Labute approximate surface area is 144 Å². The van der Waals surface area contributed by atoms with Crippen molar-refractivity contribution in [2.45, 2.75) is 26.6 Å². The summed E-state index contributed by atoms with van der Waals surface area (Å²) in [7, 11) is 0. The zero-order chi connectivity index (χ0) is 17.5. The van der Waals surface area contributed by atoms with Crippen LogP contribution in [0.25, 0.3) is 11.4 Å². The fourth-order valence-electron chi connectivity index (χ4n) is 2.16. The molecule has 1 aromatic carbocycles. The molecular formula is C17H19N5O3. The van der Waals surface area contributed by atoms with Gasteiger partial charge in [-0.25, -0.2) is 0 Å². The maximum atomic E-state index is 11.8. The van der Waals surface area contributed by atoms with Crippen LogP contribution >= 0.6 is 0 Å². The van der Waals surface area contributed by atoms with Crippen molar-refractivity contribution in [3.8, 4) is 11.4 Å². The van der Waals surface area contributed by atoms with Gasteiger partial charge in [0.2, 0.25) is 17.6 Å². The molecule has 2 heterocycles. The summed E-state index contributed by atoms with van der Waals surface area (Å²) >= 11 is 0. The first-order chi connectivity index (χ1) is 12.2. The lowest BCUT2D eigenvalue weighted by Gasteiger charge is -2.04. The van der Waals surface area contributed by atoms with E-state index in [9.17, 15) is 4.79 Å². The molecule has 130 valence electrons. The van der Waals surface area contributed by atoms with E-state index in [4.69, 9.17) is 9.26 Å². The van der Waals surface area contributed by atoms with Crippen molar-refractivity contribution in [2.75, 3.05) is 6.61 Å². The van der Waals surface area contributed by atoms with Crippen LogP contribution in [0.5, 0.6) is 0 Å². The summed E-state index contributed by atoms with van der Waals surface area (Å²) in [5, 5.41) is 10.7. The maximum absolute atomic E-state index is 11.8. The van der Waals surface area contributed by atoms with Crippen molar-refractivity contribution in [3.05, 3.63) is 54.2 Å². The van der Waals surface area contributed by atoms with E-state index in [-0.39, 0.29) is 19.1 Å². The van der Waals surface area contributed by atoms with Gasteiger partial charge in [-0.2, -0.15) is 10.1 Å². The van der Waals surface area contributed by atoms with Crippen LogP contribution < -0.4 is 5.32 Å². The fourth-order valence-corrected chi connectivity index (χ4v) is 2.16. The first kappa shape index (κ1) is 16.8. The molecule has 0 radical (unpaired) electrons. The van der Waals surface area contributed by atoms with Crippen LogP contribution in [0.15, 0.2) is 47.2 Å². The highest BCUT2D eigenvalue weighted by Crippen LogP contribution is 2.14. The number of amides is 1. The van der Waals surface area contributed by atoms with Gasteiger partial charge in [0.15, 0.2) is 0 Å². The minimum Gasteiger partial charge on any atom is -0.367 e.